The minimum atomic E-state index is 0.707. The molecule has 0 aliphatic carbocycles. The van der Waals surface area contributed by atoms with E-state index in [-0.39, 0.29) is 0 Å². The van der Waals surface area contributed by atoms with Crippen molar-refractivity contribution in [3.63, 3.8) is 0 Å². The van der Waals surface area contributed by atoms with Crippen molar-refractivity contribution >= 4 is 0 Å². The molecule has 0 atom stereocenters. The lowest BCUT2D eigenvalue weighted by Gasteiger charge is -2.02. The largest absolute Gasteiger partial charge is 0.493 e. The average molecular weight is 134 g/mol. The molecule has 0 saturated carbocycles. The van der Waals surface area contributed by atoms with Gasteiger partial charge in [-0.25, -0.2) is 0 Å². The van der Waals surface area contributed by atoms with Gasteiger partial charge in [0.05, 0.1) is 6.61 Å². The molecule has 0 heterocycles. The summed E-state index contributed by atoms with van der Waals surface area (Å²) >= 11 is 0. The van der Waals surface area contributed by atoms with Crippen molar-refractivity contribution in [2.45, 2.75) is 13.8 Å². The third-order valence-electron chi connectivity index (χ3n) is 1.26. The lowest BCUT2D eigenvalue weighted by molar-refractivity contribution is 0.338. The van der Waals surface area contributed by atoms with E-state index in [9.17, 15) is 0 Å². The van der Waals surface area contributed by atoms with Gasteiger partial charge in [0.1, 0.15) is 5.75 Å². The Kier molecular flexibility index (Phi) is 2.17. The van der Waals surface area contributed by atoms with Crippen LogP contribution in [-0.2, 0) is 0 Å². The quantitative estimate of drug-likeness (QED) is 0.601. The van der Waals surface area contributed by atoms with Crippen LogP contribution in [0.1, 0.15) is 12.5 Å². The first-order valence-electron chi connectivity index (χ1n) is 3.35. The van der Waals surface area contributed by atoms with Gasteiger partial charge in [0.2, 0.25) is 0 Å². The maximum Gasteiger partial charge on any atom is 0.131 e. The highest BCUT2D eigenvalue weighted by atomic mass is 16.5. The van der Waals surface area contributed by atoms with Crippen LogP contribution in [0.15, 0.2) is 12.1 Å². The minimum absolute atomic E-state index is 0.707. The van der Waals surface area contributed by atoms with E-state index in [0.29, 0.717) is 6.61 Å². The van der Waals surface area contributed by atoms with Gasteiger partial charge in [0, 0.05) is 11.6 Å². The van der Waals surface area contributed by atoms with E-state index in [1.165, 1.54) is 0 Å². The molecule has 1 nitrogen and oxygen atoms in total. The van der Waals surface area contributed by atoms with Crippen LogP contribution in [0.2, 0.25) is 0 Å². The predicted molar refractivity (Wildman–Crippen MR) is 40.0 cm³/mol. The van der Waals surface area contributed by atoms with Gasteiger partial charge < -0.3 is 4.74 Å². The molecule has 52 valence electrons. The Hall–Kier alpha value is -1.16. The topological polar surface area (TPSA) is 9.23 Å². The third-order valence-corrected chi connectivity index (χ3v) is 1.26. The van der Waals surface area contributed by atoms with Gasteiger partial charge in [-0.3, -0.25) is 0 Å². The number of aryl methyl sites for hydroxylation is 1. The summed E-state index contributed by atoms with van der Waals surface area (Å²) in [6.45, 7) is 4.67. The molecule has 0 unspecified atom stereocenters. The minimum Gasteiger partial charge on any atom is -0.493 e. The molecule has 0 amide bonds. The number of hydrogen-bond acceptors (Lipinski definition) is 1. The molecule has 0 radical (unpaired) electrons. The molecule has 1 aromatic carbocycles. The van der Waals surface area contributed by atoms with E-state index in [4.69, 9.17) is 4.74 Å². The zero-order valence-corrected chi connectivity index (χ0v) is 6.27. The van der Waals surface area contributed by atoms with E-state index in [2.05, 4.69) is 12.1 Å². The van der Waals surface area contributed by atoms with E-state index >= 15 is 0 Å². The van der Waals surface area contributed by atoms with Crippen molar-refractivity contribution in [1.29, 1.82) is 0 Å². The zero-order chi connectivity index (χ0) is 7.40. The summed E-state index contributed by atoms with van der Waals surface area (Å²) in [5, 5.41) is 0. The van der Waals surface area contributed by atoms with Gasteiger partial charge in [-0.2, -0.15) is 0 Å². The van der Waals surface area contributed by atoms with Crippen LogP contribution in [-0.4, -0.2) is 6.61 Å². The van der Waals surface area contributed by atoms with E-state index in [0.717, 1.165) is 11.3 Å². The van der Waals surface area contributed by atoms with Crippen molar-refractivity contribution in [2.24, 2.45) is 0 Å². The molecule has 0 spiro atoms. The van der Waals surface area contributed by atoms with Gasteiger partial charge >= 0.3 is 0 Å². The maximum atomic E-state index is 5.29. The summed E-state index contributed by atoms with van der Waals surface area (Å²) < 4.78 is 5.29. The second-order valence-corrected chi connectivity index (χ2v) is 2.06. The fourth-order valence-electron chi connectivity index (χ4n) is 0.753. The second kappa shape index (κ2) is 3.12. The molecule has 1 rings (SSSR count). The van der Waals surface area contributed by atoms with Crippen LogP contribution in [0.4, 0.5) is 0 Å². The molecule has 0 bridgehead atoms. The number of hydrogen-bond donors (Lipinski definition) is 0. The summed E-state index contributed by atoms with van der Waals surface area (Å²) in [7, 11) is 0. The monoisotopic (exact) mass is 134 g/mol. The summed E-state index contributed by atoms with van der Waals surface area (Å²) in [5.41, 5.74) is 1.11. The number of rotatable bonds is 2. The average Bonchev–Trinajstić information content (AvgIpc) is 1.94. The Morgan fingerprint density at radius 1 is 1.40 bits per heavy atom. The van der Waals surface area contributed by atoms with Crippen molar-refractivity contribution in [3.8, 4) is 5.75 Å². The highest BCUT2D eigenvalue weighted by Gasteiger charge is 1.92. The summed E-state index contributed by atoms with van der Waals surface area (Å²) in [4.78, 5) is 0. The third kappa shape index (κ3) is 1.41. The highest BCUT2D eigenvalue weighted by molar-refractivity contribution is 5.28. The molecule has 0 fully saturated rings. The van der Waals surface area contributed by atoms with Gasteiger partial charge in [-0.1, -0.05) is 12.1 Å². The van der Waals surface area contributed by atoms with Gasteiger partial charge in [-0.15, -0.1) is 0 Å². The van der Waals surface area contributed by atoms with Crippen LogP contribution >= 0.6 is 0 Å². The van der Waals surface area contributed by atoms with Gasteiger partial charge in [-0.05, 0) is 19.9 Å². The number of ether oxygens (including phenoxy) is 1. The molecule has 0 aromatic heterocycles. The Bertz CT molecular complexity index is 206. The Balaban J connectivity index is 2.81. The summed E-state index contributed by atoms with van der Waals surface area (Å²) in [5.74, 6) is 0.904. The molecule has 0 aliphatic rings. The van der Waals surface area contributed by atoms with E-state index in [1.54, 1.807) is 6.07 Å². The lowest BCUT2D eigenvalue weighted by Crippen LogP contribution is -1.92. The Morgan fingerprint density at radius 3 is 2.70 bits per heavy atom. The van der Waals surface area contributed by atoms with Crippen molar-refractivity contribution in [1.82, 2.24) is 0 Å². The fraction of sp³-hybridized carbons (Fsp3) is 0.333. The first-order valence-corrected chi connectivity index (χ1v) is 3.35. The zero-order valence-electron chi connectivity index (χ0n) is 6.27. The molecule has 0 aliphatic heterocycles. The normalized spacial score (nSPS) is 8.60. The van der Waals surface area contributed by atoms with Crippen molar-refractivity contribution in [3.05, 3.63) is 29.8 Å². The maximum absolute atomic E-state index is 5.29. The summed E-state index contributed by atoms with van der Waals surface area (Å²) in [6, 6.07) is 9.36. The SMILES string of the molecule is CCOc1cc#ccc1C. The standard InChI is InChI=1S/C9H10O/c1-3-10-9-7-5-4-6-8(9)2/h6-7H,3H2,1-2H3. The van der Waals surface area contributed by atoms with Gasteiger partial charge in [0.15, 0.2) is 0 Å². The predicted octanol–water partition coefficient (Wildman–Crippen LogP) is 1.99. The Morgan fingerprint density at radius 2 is 2.10 bits per heavy atom. The van der Waals surface area contributed by atoms with Crippen LogP contribution in [0, 0.1) is 19.1 Å². The summed E-state index contributed by atoms with van der Waals surface area (Å²) in [6.07, 6.45) is 0. The van der Waals surface area contributed by atoms with Crippen LogP contribution < -0.4 is 4.74 Å². The second-order valence-electron chi connectivity index (χ2n) is 2.06. The molecule has 1 aromatic rings. The van der Waals surface area contributed by atoms with Crippen LogP contribution in [0.5, 0.6) is 5.75 Å². The highest BCUT2D eigenvalue weighted by Crippen LogP contribution is 2.13. The van der Waals surface area contributed by atoms with Crippen molar-refractivity contribution in [2.75, 3.05) is 6.61 Å². The van der Waals surface area contributed by atoms with Gasteiger partial charge in [0.25, 0.3) is 0 Å². The molecule has 0 N–H and O–H groups in total. The smallest absolute Gasteiger partial charge is 0.131 e. The first kappa shape index (κ1) is 6.95. The van der Waals surface area contributed by atoms with E-state index in [1.807, 2.05) is 19.9 Å². The molecule has 10 heavy (non-hydrogen) atoms. The van der Waals surface area contributed by atoms with Crippen LogP contribution in [0.3, 0.4) is 0 Å². The molecule has 0 saturated heterocycles. The fourth-order valence-corrected chi connectivity index (χ4v) is 0.753. The van der Waals surface area contributed by atoms with E-state index < -0.39 is 0 Å². The van der Waals surface area contributed by atoms with Crippen molar-refractivity contribution < 1.29 is 4.74 Å². The van der Waals surface area contributed by atoms with Crippen LogP contribution in [0.25, 0.3) is 0 Å². The molecule has 1 heteroatoms. The lowest BCUT2D eigenvalue weighted by atomic mass is 10.2. The molecular weight excluding hydrogens is 124 g/mol. The Labute approximate surface area is 61.6 Å². The first-order chi connectivity index (χ1) is 4.84. The molecular formula is C9H10O.